The van der Waals surface area contributed by atoms with E-state index in [1.807, 2.05) is 18.2 Å². The van der Waals surface area contributed by atoms with Crippen molar-refractivity contribution in [3.63, 3.8) is 0 Å². The Labute approximate surface area is 145 Å². The van der Waals surface area contributed by atoms with Crippen molar-refractivity contribution in [1.82, 2.24) is 10.6 Å². The zero-order valence-electron chi connectivity index (χ0n) is 15.3. The molecule has 2 amide bonds. The quantitative estimate of drug-likeness (QED) is 0.861. The van der Waals surface area contributed by atoms with Crippen molar-refractivity contribution in [2.75, 3.05) is 7.11 Å². The van der Waals surface area contributed by atoms with E-state index in [1.165, 1.54) is 12.8 Å². The first-order chi connectivity index (χ1) is 11.4. The third-order valence-electron chi connectivity index (χ3n) is 6.85. The highest BCUT2D eigenvalue weighted by molar-refractivity contribution is 5.74. The molecular formula is C20H30N2O2. The van der Waals surface area contributed by atoms with Gasteiger partial charge in [0.1, 0.15) is 0 Å². The smallest absolute Gasteiger partial charge is 0.315 e. The van der Waals surface area contributed by atoms with Crippen molar-refractivity contribution in [2.24, 2.45) is 16.7 Å². The lowest BCUT2D eigenvalue weighted by atomic mass is 9.69. The van der Waals surface area contributed by atoms with E-state index in [0.29, 0.717) is 18.6 Å². The zero-order chi connectivity index (χ0) is 17.4. The van der Waals surface area contributed by atoms with E-state index < -0.39 is 0 Å². The molecule has 0 heterocycles. The Kier molecular flexibility index (Phi) is 4.60. The second-order valence-corrected chi connectivity index (χ2v) is 8.24. The van der Waals surface area contributed by atoms with Gasteiger partial charge in [0, 0.05) is 19.7 Å². The van der Waals surface area contributed by atoms with Gasteiger partial charge in [-0.25, -0.2) is 4.79 Å². The SMILES string of the molecule is COCc1cccc(CNC(=O)NC2CC3CCC2(C)C3(C)C)c1. The van der Waals surface area contributed by atoms with E-state index in [-0.39, 0.29) is 17.5 Å². The van der Waals surface area contributed by atoms with Gasteiger partial charge < -0.3 is 15.4 Å². The molecule has 2 bridgehead atoms. The summed E-state index contributed by atoms with van der Waals surface area (Å²) >= 11 is 0. The van der Waals surface area contributed by atoms with Crippen molar-refractivity contribution >= 4 is 6.03 Å². The number of ether oxygens (including phenoxy) is 1. The number of hydrogen-bond acceptors (Lipinski definition) is 2. The van der Waals surface area contributed by atoms with E-state index in [0.717, 1.165) is 23.5 Å². The number of hydrogen-bond donors (Lipinski definition) is 2. The number of carbonyl (C=O) groups is 1. The molecule has 2 saturated carbocycles. The summed E-state index contributed by atoms with van der Waals surface area (Å²) < 4.78 is 5.16. The Morgan fingerprint density at radius 1 is 1.29 bits per heavy atom. The van der Waals surface area contributed by atoms with Crippen molar-refractivity contribution < 1.29 is 9.53 Å². The van der Waals surface area contributed by atoms with Crippen LogP contribution in [0.3, 0.4) is 0 Å². The summed E-state index contributed by atoms with van der Waals surface area (Å²) in [6, 6.07) is 8.37. The fourth-order valence-electron chi connectivity index (χ4n) is 4.81. The second kappa shape index (κ2) is 6.40. The minimum atomic E-state index is -0.0540. The molecule has 3 unspecified atom stereocenters. The topological polar surface area (TPSA) is 50.4 Å². The third-order valence-corrected chi connectivity index (χ3v) is 6.85. The lowest BCUT2D eigenvalue weighted by Crippen LogP contribution is -2.49. The largest absolute Gasteiger partial charge is 0.380 e. The van der Waals surface area contributed by atoms with Crippen LogP contribution in [0.2, 0.25) is 0 Å². The average Bonchev–Trinajstić information content (AvgIpc) is 2.87. The summed E-state index contributed by atoms with van der Waals surface area (Å²) in [7, 11) is 1.69. The summed E-state index contributed by atoms with van der Waals surface area (Å²) in [4.78, 5) is 12.4. The van der Waals surface area contributed by atoms with Gasteiger partial charge in [0.2, 0.25) is 0 Å². The Balaban J connectivity index is 1.55. The van der Waals surface area contributed by atoms with Gasteiger partial charge in [-0.1, -0.05) is 45.0 Å². The first-order valence-corrected chi connectivity index (χ1v) is 8.98. The van der Waals surface area contributed by atoms with Crippen LogP contribution in [0.25, 0.3) is 0 Å². The van der Waals surface area contributed by atoms with Gasteiger partial charge in [0.15, 0.2) is 0 Å². The molecule has 24 heavy (non-hydrogen) atoms. The lowest BCUT2D eigenvalue weighted by molar-refractivity contribution is 0.123. The highest BCUT2D eigenvalue weighted by Gasteiger charge is 2.61. The number of rotatable bonds is 5. The molecule has 2 aliphatic carbocycles. The Hall–Kier alpha value is -1.55. The number of urea groups is 1. The first-order valence-electron chi connectivity index (χ1n) is 8.98. The summed E-state index contributed by atoms with van der Waals surface area (Å²) in [5.74, 6) is 0.735. The van der Waals surface area contributed by atoms with Crippen LogP contribution in [0.1, 0.15) is 51.2 Å². The van der Waals surface area contributed by atoms with Gasteiger partial charge >= 0.3 is 6.03 Å². The molecule has 1 aromatic carbocycles. The van der Waals surface area contributed by atoms with Gasteiger partial charge in [-0.05, 0) is 47.1 Å². The van der Waals surface area contributed by atoms with Gasteiger partial charge in [-0.15, -0.1) is 0 Å². The van der Waals surface area contributed by atoms with E-state index in [4.69, 9.17) is 4.74 Å². The molecule has 0 saturated heterocycles. The number of benzene rings is 1. The molecule has 3 atom stereocenters. The number of carbonyl (C=O) groups excluding carboxylic acids is 1. The number of nitrogens with one attached hydrogen (secondary N) is 2. The first kappa shape index (κ1) is 17.3. The molecule has 132 valence electrons. The van der Waals surface area contributed by atoms with Crippen molar-refractivity contribution in [3.05, 3.63) is 35.4 Å². The molecule has 0 spiro atoms. The highest BCUT2D eigenvalue weighted by Crippen LogP contribution is 2.65. The number of amides is 2. The number of fused-ring (bicyclic) bond motifs is 2. The predicted octanol–water partition coefficient (Wildman–Crippen LogP) is 3.85. The standard InChI is InChI=1S/C20H30N2O2/c1-19(2)16-8-9-20(19,3)17(11-16)22-18(23)21-12-14-6-5-7-15(10-14)13-24-4/h5-7,10,16-17H,8-9,11-13H2,1-4H3,(H2,21,22,23). The maximum atomic E-state index is 12.4. The maximum Gasteiger partial charge on any atom is 0.315 e. The van der Waals surface area contributed by atoms with E-state index in [1.54, 1.807) is 7.11 Å². The summed E-state index contributed by atoms with van der Waals surface area (Å²) in [6.45, 7) is 8.22. The van der Waals surface area contributed by atoms with Gasteiger partial charge in [-0.3, -0.25) is 0 Å². The molecule has 0 radical (unpaired) electrons. The van der Waals surface area contributed by atoms with Crippen LogP contribution in [0.15, 0.2) is 24.3 Å². The fraction of sp³-hybridized carbons (Fsp3) is 0.650. The van der Waals surface area contributed by atoms with Crippen LogP contribution >= 0.6 is 0 Å². The fourth-order valence-corrected chi connectivity index (χ4v) is 4.81. The Bertz CT molecular complexity index is 613. The van der Waals surface area contributed by atoms with E-state index in [2.05, 4.69) is 37.5 Å². The van der Waals surface area contributed by atoms with Crippen LogP contribution in [0.5, 0.6) is 0 Å². The molecule has 2 fully saturated rings. The minimum Gasteiger partial charge on any atom is -0.380 e. The summed E-state index contributed by atoms with van der Waals surface area (Å²) in [6.07, 6.45) is 3.63. The predicted molar refractivity (Wildman–Crippen MR) is 95.5 cm³/mol. The number of methoxy groups -OCH3 is 1. The molecule has 3 rings (SSSR count). The summed E-state index contributed by atoms with van der Waals surface area (Å²) in [5.41, 5.74) is 2.76. The van der Waals surface area contributed by atoms with Gasteiger partial charge in [0.05, 0.1) is 6.61 Å². The minimum absolute atomic E-state index is 0.0540. The van der Waals surface area contributed by atoms with Crippen LogP contribution in [-0.4, -0.2) is 19.2 Å². The molecule has 0 aromatic heterocycles. The van der Waals surface area contributed by atoms with Crippen LogP contribution in [0, 0.1) is 16.7 Å². The molecule has 4 heteroatoms. The van der Waals surface area contributed by atoms with Crippen LogP contribution < -0.4 is 10.6 Å². The Morgan fingerprint density at radius 3 is 2.67 bits per heavy atom. The maximum absolute atomic E-state index is 12.4. The summed E-state index contributed by atoms with van der Waals surface area (Å²) in [5, 5.41) is 6.25. The molecular weight excluding hydrogens is 300 g/mol. The average molecular weight is 330 g/mol. The van der Waals surface area contributed by atoms with Gasteiger partial charge in [-0.2, -0.15) is 0 Å². The van der Waals surface area contributed by atoms with Crippen LogP contribution in [0.4, 0.5) is 4.79 Å². The van der Waals surface area contributed by atoms with E-state index >= 15 is 0 Å². The van der Waals surface area contributed by atoms with Crippen LogP contribution in [-0.2, 0) is 17.9 Å². The Morgan fingerprint density at radius 2 is 2.04 bits per heavy atom. The van der Waals surface area contributed by atoms with Crippen molar-refractivity contribution in [3.8, 4) is 0 Å². The van der Waals surface area contributed by atoms with Crippen molar-refractivity contribution in [2.45, 2.75) is 59.2 Å². The third kappa shape index (κ3) is 2.92. The lowest BCUT2D eigenvalue weighted by Gasteiger charge is -2.39. The second-order valence-electron chi connectivity index (χ2n) is 8.24. The highest BCUT2D eigenvalue weighted by atomic mass is 16.5. The van der Waals surface area contributed by atoms with Crippen molar-refractivity contribution in [1.29, 1.82) is 0 Å². The molecule has 0 aliphatic heterocycles. The van der Waals surface area contributed by atoms with E-state index in [9.17, 15) is 4.79 Å². The molecule has 4 nitrogen and oxygen atoms in total. The molecule has 2 aliphatic rings. The van der Waals surface area contributed by atoms with Gasteiger partial charge in [0.25, 0.3) is 0 Å². The molecule has 2 N–H and O–H groups in total. The monoisotopic (exact) mass is 330 g/mol. The molecule has 1 aromatic rings. The zero-order valence-corrected chi connectivity index (χ0v) is 15.3. The normalized spacial score (nSPS) is 30.3.